The van der Waals surface area contributed by atoms with Gasteiger partial charge in [-0.15, -0.1) is 0 Å². The number of anilines is 1. The van der Waals surface area contributed by atoms with Gasteiger partial charge in [-0.2, -0.15) is 0 Å². The van der Waals surface area contributed by atoms with Gasteiger partial charge in [-0.1, -0.05) is 12.1 Å². The summed E-state index contributed by atoms with van der Waals surface area (Å²) in [5.41, 5.74) is 1.83. The Balaban J connectivity index is 2.23. The van der Waals surface area contributed by atoms with E-state index in [0.717, 1.165) is 5.56 Å². The number of carbonyl (C=O) groups is 1. The SMILES string of the molecule is Cc1cccc(NC(=O)c2cc([N+](=O)[O-])cn2C)c1. The van der Waals surface area contributed by atoms with Crippen LogP contribution < -0.4 is 5.32 Å². The molecule has 6 nitrogen and oxygen atoms in total. The first kappa shape index (κ1) is 12.8. The lowest BCUT2D eigenvalue weighted by atomic mass is 10.2. The van der Waals surface area contributed by atoms with Gasteiger partial charge in [-0.25, -0.2) is 0 Å². The van der Waals surface area contributed by atoms with Gasteiger partial charge in [0.05, 0.1) is 11.1 Å². The number of amides is 1. The largest absolute Gasteiger partial charge is 0.340 e. The highest BCUT2D eigenvalue weighted by molar-refractivity contribution is 6.03. The van der Waals surface area contributed by atoms with Crippen LogP contribution in [0.15, 0.2) is 36.5 Å². The molecule has 0 aliphatic rings. The molecule has 1 heterocycles. The summed E-state index contributed by atoms with van der Waals surface area (Å²) in [4.78, 5) is 22.2. The zero-order chi connectivity index (χ0) is 14.0. The van der Waals surface area contributed by atoms with E-state index >= 15 is 0 Å². The summed E-state index contributed by atoms with van der Waals surface area (Å²) in [6.07, 6.45) is 1.31. The van der Waals surface area contributed by atoms with E-state index in [0.29, 0.717) is 5.69 Å². The monoisotopic (exact) mass is 259 g/mol. The molecule has 1 amide bonds. The van der Waals surface area contributed by atoms with Crippen molar-refractivity contribution in [3.05, 3.63) is 57.9 Å². The summed E-state index contributed by atoms with van der Waals surface area (Å²) in [6.45, 7) is 1.92. The van der Waals surface area contributed by atoms with Gasteiger partial charge in [-0.05, 0) is 24.6 Å². The summed E-state index contributed by atoms with van der Waals surface area (Å²) >= 11 is 0. The number of nitrogens with one attached hydrogen (secondary N) is 1. The van der Waals surface area contributed by atoms with E-state index < -0.39 is 4.92 Å². The van der Waals surface area contributed by atoms with E-state index in [9.17, 15) is 14.9 Å². The van der Waals surface area contributed by atoms with Crippen molar-refractivity contribution in [2.45, 2.75) is 6.92 Å². The fraction of sp³-hybridized carbons (Fsp3) is 0.154. The second kappa shape index (κ2) is 4.93. The van der Waals surface area contributed by atoms with Crippen LogP contribution in [0, 0.1) is 17.0 Å². The number of rotatable bonds is 3. The van der Waals surface area contributed by atoms with E-state index in [1.165, 1.54) is 16.8 Å². The fourth-order valence-corrected chi connectivity index (χ4v) is 1.79. The van der Waals surface area contributed by atoms with Crippen molar-refractivity contribution in [1.29, 1.82) is 0 Å². The van der Waals surface area contributed by atoms with Crippen LogP contribution in [0.4, 0.5) is 11.4 Å². The Morgan fingerprint density at radius 1 is 1.37 bits per heavy atom. The summed E-state index contributed by atoms with van der Waals surface area (Å²) < 4.78 is 1.43. The third-order valence-corrected chi connectivity index (χ3v) is 2.71. The molecule has 1 aromatic heterocycles. The Bertz CT molecular complexity index is 646. The lowest BCUT2D eigenvalue weighted by Gasteiger charge is -2.06. The predicted molar refractivity (Wildman–Crippen MR) is 71.2 cm³/mol. The first-order valence-corrected chi connectivity index (χ1v) is 5.66. The minimum atomic E-state index is -0.524. The van der Waals surface area contributed by atoms with Gasteiger partial charge >= 0.3 is 0 Å². The van der Waals surface area contributed by atoms with Crippen LogP contribution in [0.2, 0.25) is 0 Å². The number of nitro groups is 1. The maximum atomic E-state index is 12.0. The lowest BCUT2D eigenvalue weighted by Crippen LogP contribution is -2.15. The summed E-state index contributed by atoms with van der Waals surface area (Å²) in [6, 6.07) is 8.60. The number of aryl methyl sites for hydroxylation is 2. The van der Waals surface area contributed by atoms with Gasteiger partial charge in [0.15, 0.2) is 0 Å². The normalized spacial score (nSPS) is 10.2. The van der Waals surface area contributed by atoms with Gasteiger partial charge in [0.25, 0.3) is 11.6 Å². The molecular weight excluding hydrogens is 246 g/mol. The van der Waals surface area contributed by atoms with E-state index in [1.807, 2.05) is 25.1 Å². The molecule has 2 aromatic rings. The molecule has 0 bridgehead atoms. The molecule has 6 heteroatoms. The molecule has 0 spiro atoms. The van der Waals surface area contributed by atoms with Crippen molar-refractivity contribution in [2.75, 3.05) is 5.32 Å². The molecule has 1 aromatic carbocycles. The minimum absolute atomic E-state index is 0.100. The third-order valence-electron chi connectivity index (χ3n) is 2.71. The number of aromatic nitrogens is 1. The lowest BCUT2D eigenvalue weighted by molar-refractivity contribution is -0.384. The zero-order valence-electron chi connectivity index (χ0n) is 10.6. The first-order chi connectivity index (χ1) is 8.97. The molecule has 19 heavy (non-hydrogen) atoms. The highest BCUT2D eigenvalue weighted by Gasteiger charge is 2.17. The molecular formula is C13H13N3O3. The van der Waals surface area contributed by atoms with Crippen molar-refractivity contribution < 1.29 is 9.72 Å². The molecule has 0 fully saturated rings. The molecule has 0 saturated carbocycles. The summed E-state index contributed by atoms with van der Waals surface area (Å²) in [7, 11) is 1.60. The van der Waals surface area contributed by atoms with Crippen LogP contribution in [0.25, 0.3) is 0 Å². The van der Waals surface area contributed by atoms with Gasteiger partial charge in [0, 0.05) is 18.8 Å². The molecule has 0 aliphatic carbocycles. The van der Waals surface area contributed by atoms with Crippen LogP contribution in [0.3, 0.4) is 0 Å². The maximum absolute atomic E-state index is 12.0. The van der Waals surface area contributed by atoms with Crippen molar-refractivity contribution in [3.63, 3.8) is 0 Å². The standard InChI is InChI=1S/C13H13N3O3/c1-9-4-3-5-10(6-9)14-13(17)12-7-11(16(18)19)8-15(12)2/h3-8H,1-2H3,(H,14,17). The van der Waals surface area contributed by atoms with Crippen LogP contribution in [-0.2, 0) is 7.05 Å². The smallest absolute Gasteiger partial charge is 0.287 e. The number of hydrogen-bond acceptors (Lipinski definition) is 3. The van der Waals surface area contributed by atoms with Crippen LogP contribution in [0.5, 0.6) is 0 Å². The highest BCUT2D eigenvalue weighted by atomic mass is 16.6. The van der Waals surface area contributed by atoms with Gasteiger partial charge in [-0.3, -0.25) is 14.9 Å². The highest BCUT2D eigenvalue weighted by Crippen LogP contribution is 2.17. The van der Waals surface area contributed by atoms with E-state index in [1.54, 1.807) is 13.1 Å². The fourth-order valence-electron chi connectivity index (χ4n) is 1.79. The Morgan fingerprint density at radius 3 is 2.68 bits per heavy atom. The average Bonchev–Trinajstić information content (AvgIpc) is 2.71. The quantitative estimate of drug-likeness (QED) is 0.679. The zero-order valence-corrected chi connectivity index (χ0v) is 10.6. The first-order valence-electron chi connectivity index (χ1n) is 5.66. The van der Waals surface area contributed by atoms with Crippen molar-refractivity contribution in [3.8, 4) is 0 Å². The minimum Gasteiger partial charge on any atom is -0.340 e. The molecule has 1 N–H and O–H groups in total. The topological polar surface area (TPSA) is 77.2 Å². The van der Waals surface area contributed by atoms with Gasteiger partial charge < -0.3 is 9.88 Å². The molecule has 0 aliphatic heterocycles. The number of nitrogens with zero attached hydrogens (tertiary/aromatic N) is 2. The second-order valence-electron chi connectivity index (χ2n) is 4.28. The van der Waals surface area contributed by atoms with Crippen LogP contribution >= 0.6 is 0 Å². The molecule has 98 valence electrons. The predicted octanol–water partition coefficient (Wildman–Crippen LogP) is 2.49. The third kappa shape index (κ3) is 2.79. The molecule has 2 rings (SSSR count). The van der Waals surface area contributed by atoms with E-state index in [4.69, 9.17) is 0 Å². The van der Waals surface area contributed by atoms with Crippen LogP contribution in [-0.4, -0.2) is 15.4 Å². The second-order valence-corrected chi connectivity index (χ2v) is 4.28. The number of hydrogen-bond donors (Lipinski definition) is 1. The molecule has 0 unspecified atom stereocenters. The Hall–Kier alpha value is -2.63. The van der Waals surface area contributed by atoms with Gasteiger partial charge in [0.1, 0.15) is 5.69 Å². The van der Waals surface area contributed by atoms with E-state index in [-0.39, 0.29) is 17.3 Å². The molecule has 0 radical (unpaired) electrons. The molecule has 0 saturated heterocycles. The van der Waals surface area contributed by atoms with Crippen molar-refractivity contribution in [2.24, 2.45) is 7.05 Å². The van der Waals surface area contributed by atoms with Crippen LogP contribution in [0.1, 0.15) is 16.1 Å². The Morgan fingerprint density at radius 2 is 2.11 bits per heavy atom. The summed E-state index contributed by atoms with van der Waals surface area (Å²) in [5.74, 6) is -0.374. The average molecular weight is 259 g/mol. The van der Waals surface area contributed by atoms with Gasteiger partial charge in [0.2, 0.25) is 0 Å². The van der Waals surface area contributed by atoms with Crippen molar-refractivity contribution in [1.82, 2.24) is 4.57 Å². The molecule has 0 atom stereocenters. The van der Waals surface area contributed by atoms with Crippen molar-refractivity contribution >= 4 is 17.3 Å². The van der Waals surface area contributed by atoms with E-state index in [2.05, 4.69) is 5.32 Å². The maximum Gasteiger partial charge on any atom is 0.287 e. The number of carbonyl (C=O) groups excluding carboxylic acids is 1. The Kier molecular flexibility index (Phi) is 3.33. The number of benzene rings is 1. The summed E-state index contributed by atoms with van der Waals surface area (Å²) in [5, 5.41) is 13.4. The Labute approximate surface area is 109 Å².